The van der Waals surface area contributed by atoms with Crippen LogP contribution in [0.25, 0.3) is 22.2 Å². The van der Waals surface area contributed by atoms with Crippen LogP contribution in [0.5, 0.6) is 5.75 Å². The molecule has 0 saturated heterocycles. The monoisotopic (exact) mass is 361 g/mol. The molecule has 0 aliphatic carbocycles. The number of nitrogens with one attached hydrogen (secondary N) is 1. The topological polar surface area (TPSA) is 102 Å². The van der Waals surface area contributed by atoms with Gasteiger partial charge in [0.15, 0.2) is 5.65 Å². The van der Waals surface area contributed by atoms with Crippen LogP contribution in [0.3, 0.4) is 0 Å². The fraction of sp³-hybridized carbons (Fsp3) is 0.0526. The summed E-state index contributed by atoms with van der Waals surface area (Å²) in [5.74, 6) is 1.02. The third kappa shape index (κ3) is 3.04. The molecule has 3 heterocycles. The zero-order valence-electron chi connectivity index (χ0n) is 14.3. The number of fused-ring (bicyclic) bond motifs is 1. The van der Waals surface area contributed by atoms with E-state index in [1.54, 1.807) is 37.7 Å². The summed E-state index contributed by atoms with van der Waals surface area (Å²) in [5, 5.41) is 13.5. The lowest BCUT2D eigenvalue weighted by molar-refractivity contribution is 0.182. The van der Waals surface area contributed by atoms with Crippen molar-refractivity contribution in [2.45, 2.75) is 0 Å². The first-order valence-corrected chi connectivity index (χ1v) is 8.10. The van der Waals surface area contributed by atoms with Gasteiger partial charge in [-0.1, -0.05) is 12.1 Å². The molecular weight excluding hydrogens is 346 g/mol. The van der Waals surface area contributed by atoms with E-state index >= 15 is 0 Å². The maximum absolute atomic E-state index is 11.9. The fourth-order valence-electron chi connectivity index (χ4n) is 2.82. The summed E-state index contributed by atoms with van der Waals surface area (Å²) >= 11 is 0. The Morgan fingerprint density at radius 3 is 2.89 bits per heavy atom. The molecule has 0 aliphatic heterocycles. The number of ether oxygens (including phenoxy) is 1. The number of hydrogen-bond donors (Lipinski definition) is 2. The normalized spacial score (nSPS) is 10.7. The second kappa shape index (κ2) is 6.75. The molecule has 8 heteroatoms. The van der Waals surface area contributed by atoms with Crippen molar-refractivity contribution in [3.63, 3.8) is 0 Å². The van der Waals surface area contributed by atoms with E-state index in [4.69, 9.17) is 4.74 Å². The van der Waals surface area contributed by atoms with Crippen molar-refractivity contribution in [3.05, 3.63) is 71.5 Å². The Morgan fingerprint density at radius 2 is 2.04 bits per heavy atom. The van der Waals surface area contributed by atoms with Crippen molar-refractivity contribution < 1.29 is 9.94 Å². The van der Waals surface area contributed by atoms with Crippen molar-refractivity contribution in [2.75, 3.05) is 12.4 Å². The van der Waals surface area contributed by atoms with E-state index in [0.29, 0.717) is 27.4 Å². The first-order chi connectivity index (χ1) is 13.2. The van der Waals surface area contributed by atoms with Gasteiger partial charge < -0.3 is 15.3 Å². The molecule has 0 aliphatic rings. The standard InChI is InChI=1S/C19H15N5O3/c1-27-16-7-9-20-11-15(16)12-4-2-5-13(10-12)22-17-14-6-3-8-21-18(14)24(26)19(25)23-17/h2-11,26H,1H3,(H,22,23,25). The molecule has 27 heavy (non-hydrogen) atoms. The zero-order valence-corrected chi connectivity index (χ0v) is 14.3. The molecule has 0 unspecified atom stereocenters. The third-order valence-electron chi connectivity index (χ3n) is 4.07. The molecule has 8 nitrogen and oxygen atoms in total. The Hall–Kier alpha value is -3.94. The van der Waals surface area contributed by atoms with Crippen LogP contribution in [0.2, 0.25) is 0 Å². The highest BCUT2D eigenvalue weighted by Crippen LogP contribution is 2.31. The smallest absolute Gasteiger partial charge is 0.384 e. The van der Waals surface area contributed by atoms with E-state index in [1.165, 1.54) is 6.20 Å². The number of benzene rings is 1. The molecule has 0 amide bonds. The lowest BCUT2D eigenvalue weighted by Crippen LogP contribution is -2.23. The average Bonchev–Trinajstić information content (AvgIpc) is 2.72. The molecule has 134 valence electrons. The fourth-order valence-corrected chi connectivity index (χ4v) is 2.82. The quantitative estimate of drug-likeness (QED) is 0.539. The van der Waals surface area contributed by atoms with Gasteiger partial charge >= 0.3 is 5.69 Å². The third-order valence-corrected chi connectivity index (χ3v) is 4.07. The summed E-state index contributed by atoms with van der Waals surface area (Å²) in [6.45, 7) is 0. The minimum atomic E-state index is -0.811. The van der Waals surface area contributed by atoms with Crippen LogP contribution in [0.1, 0.15) is 0 Å². The van der Waals surface area contributed by atoms with Crippen LogP contribution in [0, 0.1) is 0 Å². The Labute approximate surface area is 153 Å². The van der Waals surface area contributed by atoms with E-state index in [-0.39, 0.29) is 5.65 Å². The lowest BCUT2D eigenvalue weighted by atomic mass is 10.1. The van der Waals surface area contributed by atoms with Crippen molar-refractivity contribution in [3.8, 4) is 16.9 Å². The molecule has 0 radical (unpaired) electrons. The predicted molar refractivity (Wildman–Crippen MR) is 100 cm³/mol. The predicted octanol–water partition coefficient (Wildman–Crippen LogP) is 2.84. The first-order valence-electron chi connectivity index (χ1n) is 8.10. The van der Waals surface area contributed by atoms with Crippen molar-refractivity contribution in [1.29, 1.82) is 0 Å². The van der Waals surface area contributed by atoms with E-state index in [2.05, 4.69) is 20.3 Å². The summed E-state index contributed by atoms with van der Waals surface area (Å²) in [4.78, 5) is 24.0. The van der Waals surface area contributed by atoms with Gasteiger partial charge in [-0.3, -0.25) is 4.98 Å². The largest absolute Gasteiger partial charge is 0.496 e. The Balaban J connectivity index is 1.78. The van der Waals surface area contributed by atoms with Gasteiger partial charge in [-0.25, -0.2) is 9.78 Å². The van der Waals surface area contributed by atoms with Gasteiger partial charge in [0.1, 0.15) is 11.6 Å². The lowest BCUT2D eigenvalue weighted by Gasteiger charge is -2.12. The van der Waals surface area contributed by atoms with E-state index in [1.807, 2.05) is 24.3 Å². The summed E-state index contributed by atoms with van der Waals surface area (Å²) in [7, 11) is 1.61. The molecule has 0 spiro atoms. The van der Waals surface area contributed by atoms with E-state index < -0.39 is 5.69 Å². The molecule has 3 aromatic heterocycles. The average molecular weight is 361 g/mol. The Kier molecular flexibility index (Phi) is 4.13. The minimum absolute atomic E-state index is 0.130. The number of anilines is 2. The highest BCUT2D eigenvalue weighted by atomic mass is 16.5. The van der Waals surface area contributed by atoms with Crippen LogP contribution in [-0.4, -0.2) is 32.0 Å². The van der Waals surface area contributed by atoms with E-state index in [9.17, 15) is 10.0 Å². The van der Waals surface area contributed by atoms with Gasteiger partial charge in [-0.15, -0.1) is 4.73 Å². The van der Waals surface area contributed by atoms with Crippen LogP contribution in [0.15, 0.2) is 65.8 Å². The maximum Gasteiger partial charge on any atom is 0.384 e. The van der Waals surface area contributed by atoms with Crippen LogP contribution in [0.4, 0.5) is 11.5 Å². The number of aromatic nitrogens is 4. The van der Waals surface area contributed by atoms with Gasteiger partial charge in [0.25, 0.3) is 0 Å². The number of nitrogens with zero attached hydrogens (tertiary/aromatic N) is 4. The highest BCUT2D eigenvalue weighted by Gasteiger charge is 2.12. The Bertz CT molecular complexity index is 1190. The molecule has 4 aromatic rings. The van der Waals surface area contributed by atoms with Gasteiger partial charge in [-0.05, 0) is 35.9 Å². The van der Waals surface area contributed by atoms with Crippen LogP contribution >= 0.6 is 0 Å². The summed E-state index contributed by atoms with van der Waals surface area (Å²) in [6.07, 6.45) is 4.88. The number of rotatable bonds is 4. The van der Waals surface area contributed by atoms with E-state index in [0.717, 1.165) is 11.1 Å². The van der Waals surface area contributed by atoms with Gasteiger partial charge in [0.05, 0.1) is 12.5 Å². The first kappa shape index (κ1) is 16.5. The molecule has 1 aromatic carbocycles. The Morgan fingerprint density at radius 1 is 1.15 bits per heavy atom. The van der Waals surface area contributed by atoms with Crippen molar-refractivity contribution >= 4 is 22.5 Å². The summed E-state index contributed by atoms with van der Waals surface area (Å²) in [5.41, 5.74) is 1.77. The molecule has 4 rings (SSSR count). The molecule has 0 fully saturated rings. The summed E-state index contributed by atoms with van der Waals surface area (Å²) in [6, 6.07) is 12.8. The van der Waals surface area contributed by atoms with Gasteiger partial charge in [0.2, 0.25) is 0 Å². The number of hydrogen-bond acceptors (Lipinski definition) is 7. The molecule has 0 bridgehead atoms. The summed E-state index contributed by atoms with van der Waals surface area (Å²) < 4.78 is 5.82. The second-order valence-corrected chi connectivity index (χ2v) is 5.71. The van der Waals surface area contributed by atoms with Gasteiger partial charge in [0, 0.05) is 29.8 Å². The van der Waals surface area contributed by atoms with Crippen molar-refractivity contribution in [1.82, 2.24) is 19.7 Å². The van der Waals surface area contributed by atoms with Crippen LogP contribution < -0.4 is 15.7 Å². The van der Waals surface area contributed by atoms with Crippen molar-refractivity contribution in [2.24, 2.45) is 0 Å². The van der Waals surface area contributed by atoms with Gasteiger partial charge in [-0.2, -0.15) is 4.98 Å². The second-order valence-electron chi connectivity index (χ2n) is 5.71. The number of methoxy groups -OCH3 is 1. The minimum Gasteiger partial charge on any atom is -0.496 e. The molecular formula is C19H15N5O3. The SMILES string of the molecule is COc1ccncc1-c1cccc(Nc2nc(=O)n(O)c3ncccc23)c1. The zero-order chi connectivity index (χ0) is 18.8. The van der Waals surface area contributed by atoms with Crippen LogP contribution in [-0.2, 0) is 0 Å². The molecule has 0 saturated carbocycles. The highest BCUT2D eigenvalue weighted by molar-refractivity contribution is 5.88. The maximum atomic E-state index is 11.9. The molecule has 2 N–H and O–H groups in total. The number of pyridine rings is 2. The molecule has 0 atom stereocenters.